The molecule has 1 atom stereocenters. The summed E-state index contributed by atoms with van der Waals surface area (Å²) in [7, 11) is 0. The highest BCUT2D eigenvalue weighted by molar-refractivity contribution is 6.02. The molecular formula is C44H75N3O12. The zero-order chi connectivity index (χ0) is 44.6. The molecule has 0 saturated carbocycles. The minimum atomic E-state index is -1.73. The van der Waals surface area contributed by atoms with Gasteiger partial charge in [-0.15, -0.1) is 5.06 Å². The van der Waals surface area contributed by atoms with Gasteiger partial charge >= 0.3 is 24.0 Å². The number of hydroxylamine groups is 2. The summed E-state index contributed by atoms with van der Waals surface area (Å²) in [6.07, 6.45) is 13.9. The van der Waals surface area contributed by atoms with Crippen LogP contribution in [0.25, 0.3) is 0 Å². The second kappa shape index (κ2) is 26.9. The Morgan fingerprint density at radius 2 is 0.966 bits per heavy atom. The lowest BCUT2D eigenvalue weighted by Crippen LogP contribution is -2.52. The van der Waals surface area contributed by atoms with Crippen molar-refractivity contribution in [3.05, 3.63) is 0 Å². The van der Waals surface area contributed by atoms with Crippen LogP contribution in [-0.4, -0.2) is 87.0 Å². The highest BCUT2D eigenvalue weighted by Crippen LogP contribution is 2.22. The van der Waals surface area contributed by atoms with E-state index in [1.165, 1.54) is 44.9 Å². The monoisotopic (exact) mass is 838 g/mol. The number of imide groups is 2. The van der Waals surface area contributed by atoms with E-state index in [-0.39, 0.29) is 44.1 Å². The van der Waals surface area contributed by atoms with Crippen molar-refractivity contribution >= 4 is 47.6 Å². The lowest BCUT2D eigenvalue weighted by molar-refractivity contribution is -0.201. The van der Waals surface area contributed by atoms with E-state index in [1.54, 1.807) is 41.5 Å². The molecule has 338 valence electrons. The molecule has 15 nitrogen and oxygen atoms in total. The van der Waals surface area contributed by atoms with Crippen LogP contribution in [0.15, 0.2) is 0 Å². The van der Waals surface area contributed by atoms with Gasteiger partial charge in [0.25, 0.3) is 11.8 Å². The minimum absolute atomic E-state index is 0.110. The molecule has 1 N–H and O–H groups in total. The molecular weight excluding hydrogens is 762 g/mol. The van der Waals surface area contributed by atoms with Gasteiger partial charge in [-0.1, -0.05) is 77.0 Å². The van der Waals surface area contributed by atoms with E-state index < -0.39 is 71.4 Å². The Balaban J connectivity index is 2.46. The predicted octanol–water partition coefficient (Wildman–Crippen LogP) is 8.33. The van der Waals surface area contributed by atoms with Gasteiger partial charge < -0.3 is 24.4 Å². The minimum Gasteiger partial charge on any atom is -0.460 e. The number of nitrogens with zero attached hydrogens (tertiary/aromatic N) is 2. The van der Waals surface area contributed by atoms with Crippen molar-refractivity contribution in [2.75, 3.05) is 6.54 Å². The summed E-state index contributed by atoms with van der Waals surface area (Å²) < 4.78 is 16.1. The summed E-state index contributed by atoms with van der Waals surface area (Å²) in [5, 5.41) is 3.11. The number of ether oxygens (including phenoxy) is 3. The van der Waals surface area contributed by atoms with Crippen LogP contribution >= 0.6 is 0 Å². The molecule has 0 aromatic heterocycles. The van der Waals surface area contributed by atoms with Gasteiger partial charge in [-0.05, 0) is 88.0 Å². The van der Waals surface area contributed by atoms with E-state index in [1.807, 2.05) is 20.8 Å². The number of rotatable bonds is 27. The predicted molar refractivity (Wildman–Crippen MR) is 221 cm³/mol. The third-order valence-electron chi connectivity index (χ3n) is 9.02. The van der Waals surface area contributed by atoms with E-state index in [2.05, 4.69) is 5.32 Å². The van der Waals surface area contributed by atoms with Crippen LogP contribution in [0.2, 0.25) is 0 Å². The first-order valence-corrected chi connectivity index (χ1v) is 21.8. The molecule has 59 heavy (non-hydrogen) atoms. The Labute approximate surface area is 352 Å². The Morgan fingerprint density at radius 1 is 0.559 bits per heavy atom. The van der Waals surface area contributed by atoms with Crippen molar-refractivity contribution in [3.63, 3.8) is 0 Å². The number of amides is 5. The zero-order valence-electron chi connectivity index (χ0n) is 37.6. The number of hydrogen-bond acceptors (Lipinski definition) is 12. The number of carbonyl (C=O) groups excluding carboxylic acids is 8. The third-order valence-corrected chi connectivity index (χ3v) is 9.02. The molecule has 0 spiro atoms. The maximum atomic E-state index is 13.6. The highest BCUT2D eigenvalue weighted by atomic mass is 16.7. The summed E-state index contributed by atoms with van der Waals surface area (Å²) >= 11 is 0. The van der Waals surface area contributed by atoms with Gasteiger partial charge in [-0.2, -0.15) is 0 Å². The largest absolute Gasteiger partial charge is 0.460 e. The normalized spacial score (nSPS) is 13.8. The average molecular weight is 838 g/mol. The number of carbonyl (C=O) groups is 8. The summed E-state index contributed by atoms with van der Waals surface area (Å²) in [5.41, 5.74) is -2.33. The van der Waals surface area contributed by atoms with Crippen molar-refractivity contribution < 1.29 is 57.4 Å². The lowest BCUT2D eigenvalue weighted by Gasteiger charge is -2.31. The van der Waals surface area contributed by atoms with E-state index in [0.717, 1.165) is 44.9 Å². The summed E-state index contributed by atoms with van der Waals surface area (Å²) in [6.45, 7) is 15.5. The number of unbranched alkanes of at least 4 members (excludes halogenated alkanes) is 13. The fraction of sp³-hybridized carbons (Fsp3) is 0.818. The van der Waals surface area contributed by atoms with Gasteiger partial charge in [-0.25, -0.2) is 14.5 Å². The standard InChI is InChI=1S/C44H75N3O12/c1-42(2,3)56-38(52)27-23-21-19-17-15-13-11-10-12-14-16-18-20-22-25-34(48)45-32-24-26-35(49)46(41(55)58-44(7,8)9)33(28-31-39(53)57-43(4,5)6)40(54)59-47-36(50)29-30-37(47)51/h33H,10-32H2,1-9H3,(H,45,48)/t33-/m0/s1. The van der Waals surface area contributed by atoms with Crippen LogP contribution in [0.4, 0.5) is 4.79 Å². The Kier molecular flexibility index (Phi) is 24.2. The summed E-state index contributed by atoms with van der Waals surface area (Å²) in [5.74, 6) is -4.57. The van der Waals surface area contributed by atoms with Gasteiger partial charge in [0.2, 0.25) is 11.8 Å². The van der Waals surface area contributed by atoms with Gasteiger partial charge in [0.15, 0.2) is 0 Å². The molecule has 1 aliphatic rings. The van der Waals surface area contributed by atoms with Crippen LogP contribution in [0, 0.1) is 0 Å². The SMILES string of the molecule is CC(C)(C)OC(=O)CCCCCCCCCCCCCCCCC(=O)NCCCC(=O)N(C(=O)OC(C)(C)C)[C@@H](CCC(=O)OC(C)(C)C)C(=O)ON1C(=O)CCC1=O. The molecule has 0 aromatic carbocycles. The molecule has 0 aromatic rings. The number of nitrogens with one attached hydrogen (secondary N) is 1. The quantitative estimate of drug-likeness (QED) is 0.0361. The first-order valence-electron chi connectivity index (χ1n) is 21.8. The summed E-state index contributed by atoms with van der Waals surface area (Å²) in [6, 6.07) is -1.73. The molecule has 0 unspecified atom stereocenters. The van der Waals surface area contributed by atoms with Gasteiger partial charge in [0, 0.05) is 45.1 Å². The topological polar surface area (TPSA) is 192 Å². The fourth-order valence-corrected chi connectivity index (χ4v) is 6.27. The first kappa shape index (κ1) is 53.0. The van der Waals surface area contributed by atoms with E-state index in [0.29, 0.717) is 22.8 Å². The number of esters is 2. The molecule has 1 rings (SSSR count). The summed E-state index contributed by atoms with van der Waals surface area (Å²) in [4.78, 5) is 107. The molecule has 1 saturated heterocycles. The van der Waals surface area contributed by atoms with Crippen molar-refractivity contribution in [2.45, 2.75) is 226 Å². The smallest absolute Gasteiger partial charge is 0.417 e. The molecule has 15 heteroatoms. The Hall–Kier alpha value is -4.04. The zero-order valence-corrected chi connectivity index (χ0v) is 37.6. The van der Waals surface area contributed by atoms with Crippen molar-refractivity contribution in [3.8, 4) is 0 Å². The molecule has 0 radical (unpaired) electrons. The van der Waals surface area contributed by atoms with E-state index in [9.17, 15) is 38.4 Å². The van der Waals surface area contributed by atoms with Crippen molar-refractivity contribution in [2.24, 2.45) is 0 Å². The molecule has 1 heterocycles. The van der Waals surface area contributed by atoms with Gasteiger partial charge in [0.1, 0.15) is 22.8 Å². The second-order valence-corrected chi connectivity index (χ2v) is 18.4. The van der Waals surface area contributed by atoms with Gasteiger partial charge in [0.05, 0.1) is 0 Å². The molecule has 0 aliphatic carbocycles. The van der Waals surface area contributed by atoms with Crippen molar-refractivity contribution in [1.29, 1.82) is 0 Å². The van der Waals surface area contributed by atoms with Crippen LogP contribution in [0.5, 0.6) is 0 Å². The first-order chi connectivity index (χ1) is 27.5. The number of hydrogen-bond donors (Lipinski definition) is 1. The maximum absolute atomic E-state index is 13.6. The van der Waals surface area contributed by atoms with Crippen LogP contribution in [0.1, 0.15) is 204 Å². The van der Waals surface area contributed by atoms with Crippen molar-refractivity contribution in [1.82, 2.24) is 15.3 Å². The lowest BCUT2D eigenvalue weighted by atomic mass is 10.0. The molecule has 0 bridgehead atoms. The molecule has 1 aliphatic heterocycles. The Bertz CT molecular complexity index is 1360. The fourth-order valence-electron chi connectivity index (χ4n) is 6.27. The molecule has 5 amide bonds. The van der Waals surface area contributed by atoms with Crippen LogP contribution < -0.4 is 5.32 Å². The van der Waals surface area contributed by atoms with Crippen LogP contribution in [0.3, 0.4) is 0 Å². The van der Waals surface area contributed by atoms with Crippen LogP contribution in [-0.2, 0) is 52.6 Å². The maximum Gasteiger partial charge on any atom is 0.417 e. The molecule has 1 fully saturated rings. The van der Waals surface area contributed by atoms with Gasteiger partial charge in [-0.3, -0.25) is 28.8 Å². The second-order valence-electron chi connectivity index (χ2n) is 18.4. The highest BCUT2D eigenvalue weighted by Gasteiger charge is 2.42. The average Bonchev–Trinajstić information content (AvgIpc) is 3.41. The third kappa shape index (κ3) is 25.9. The Morgan fingerprint density at radius 3 is 1.41 bits per heavy atom. The van der Waals surface area contributed by atoms with E-state index >= 15 is 0 Å². The van der Waals surface area contributed by atoms with E-state index in [4.69, 9.17) is 19.0 Å².